The highest BCUT2D eigenvalue weighted by molar-refractivity contribution is 14.1. The lowest BCUT2D eigenvalue weighted by atomic mass is 9.44. The fraction of sp³-hybridized carbons (Fsp3) is 0.727. The summed E-state index contributed by atoms with van der Waals surface area (Å²) in [6.45, 7) is 3.97. The zero-order chi connectivity index (χ0) is 22.4. The molecule has 0 aromatic heterocycles. The Labute approximate surface area is 187 Å². The molecular formula is C22H27F2IO5. The van der Waals surface area contributed by atoms with Crippen LogP contribution in [-0.4, -0.2) is 61.0 Å². The van der Waals surface area contributed by atoms with Crippen molar-refractivity contribution in [2.75, 3.05) is 6.61 Å². The van der Waals surface area contributed by atoms with Gasteiger partial charge in [0.05, 0.1) is 10.0 Å². The largest absolute Gasteiger partial charge is 0.390 e. The van der Waals surface area contributed by atoms with Crippen molar-refractivity contribution in [2.45, 2.75) is 61.1 Å². The number of rotatable bonds is 2. The van der Waals surface area contributed by atoms with Gasteiger partial charge in [-0.15, -0.1) is 0 Å². The van der Waals surface area contributed by atoms with E-state index in [4.69, 9.17) is 0 Å². The molecule has 5 nitrogen and oxygen atoms in total. The highest BCUT2D eigenvalue weighted by Gasteiger charge is 2.78. The van der Waals surface area contributed by atoms with E-state index >= 15 is 8.78 Å². The van der Waals surface area contributed by atoms with E-state index in [9.17, 15) is 24.9 Å². The number of alkyl halides is 3. The lowest BCUT2D eigenvalue weighted by molar-refractivity contribution is -0.221. The predicted molar refractivity (Wildman–Crippen MR) is 113 cm³/mol. The number of hydrogen-bond acceptors (Lipinski definition) is 5. The van der Waals surface area contributed by atoms with E-state index < -0.39 is 74.2 Å². The smallest absolute Gasteiger partial charge is 0.190 e. The Hall–Kier alpha value is -0.710. The highest BCUT2D eigenvalue weighted by Crippen LogP contribution is 2.71. The van der Waals surface area contributed by atoms with Crippen LogP contribution in [0.4, 0.5) is 8.78 Å². The number of aliphatic hydroxyl groups is 3. The van der Waals surface area contributed by atoms with E-state index in [0.717, 1.165) is 6.08 Å². The first kappa shape index (κ1) is 22.5. The van der Waals surface area contributed by atoms with Crippen LogP contribution < -0.4 is 0 Å². The van der Waals surface area contributed by atoms with Gasteiger partial charge in [0, 0.05) is 16.7 Å². The fourth-order valence-corrected chi connectivity index (χ4v) is 8.61. The minimum Gasteiger partial charge on any atom is -0.390 e. The van der Waals surface area contributed by atoms with Crippen LogP contribution >= 0.6 is 22.6 Å². The molecule has 4 aliphatic carbocycles. The summed E-state index contributed by atoms with van der Waals surface area (Å²) in [5.74, 6) is -3.35. The average Bonchev–Trinajstić information content (AvgIpc) is 2.89. The topological polar surface area (TPSA) is 94.8 Å². The molecule has 30 heavy (non-hydrogen) atoms. The Kier molecular flexibility index (Phi) is 4.98. The SMILES string of the molecule is C[C@@H]1C[C@H]2[C@@H]3[C@H](I)[C@@H](F)C4=CC(=O)C=C[C@]4(C)[C@@]3(F)[C@@H](O)C[C@]2(C)[C@@]1(O)C(=O)CO. The lowest BCUT2D eigenvalue weighted by Gasteiger charge is -2.64. The normalized spacial score (nSPS) is 54.8. The number of halogens is 3. The minimum atomic E-state index is -2.28. The summed E-state index contributed by atoms with van der Waals surface area (Å²) in [5.41, 5.74) is -6.92. The quantitative estimate of drug-likeness (QED) is 0.372. The molecule has 0 aliphatic heterocycles. The van der Waals surface area contributed by atoms with Crippen molar-refractivity contribution >= 4 is 34.2 Å². The molecule has 3 N–H and O–H groups in total. The van der Waals surface area contributed by atoms with Gasteiger partial charge in [-0.25, -0.2) is 8.78 Å². The molecule has 4 aliphatic rings. The summed E-state index contributed by atoms with van der Waals surface area (Å²) >= 11 is 1.85. The molecule has 0 unspecified atom stereocenters. The standard InChI is InChI=1S/C22H27F2IO5/c1-10-6-12-16-18(25)17(23)13-7-11(27)4-5-19(13,2)21(16,24)14(28)8-20(12,3)22(10,30)15(29)9-26/h4-5,7,10,12,14,16-18,26,28,30H,6,8-9H2,1-3H3/t10-,12+,14+,16-,17+,18+,19+,20+,21-,22+/m1/s1. The zero-order valence-electron chi connectivity index (χ0n) is 17.1. The Morgan fingerprint density at radius 2 is 2.00 bits per heavy atom. The van der Waals surface area contributed by atoms with Crippen LogP contribution in [0.2, 0.25) is 0 Å². The second-order valence-electron chi connectivity index (χ2n) is 9.91. The van der Waals surface area contributed by atoms with Crippen LogP contribution in [0.15, 0.2) is 23.8 Å². The second kappa shape index (κ2) is 6.65. The molecule has 0 heterocycles. The van der Waals surface area contributed by atoms with Gasteiger partial charge in [0.1, 0.15) is 18.4 Å². The molecule has 10 atom stereocenters. The van der Waals surface area contributed by atoms with Gasteiger partial charge in [0.25, 0.3) is 0 Å². The number of allylic oxidation sites excluding steroid dienone is 4. The Balaban J connectivity index is 1.92. The Morgan fingerprint density at radius 3 is 2.60 bits per heavy atom. The Morgan fingerprint density at radius 1 is 1.37 bits per heavy atom. The minimum absolute atomic E-state index is 0.0311. The summed E-state index contributed by atoms with van der Waals surface area (Å²) in [6, 6.07) is 0. The predicted octanol–water partition coefficient (Wildman–Crippen LogP) is 2.26. The van der Waals surface area contributed by atoms with Gasteiger partial charge in [0.2, 0.25) is 0 Å². The molecule has 0 bridgehead atoms. The van der Waals surface area contributed by atoms with Gasteiger partial charge in [-0.3, -0.25) is 9.59 Å². The zero-order valence-corrected chi connectivity index (χ0v) is 19.3. The van der Waals surface area contributed by atoms with E-state index in [1.165, 1.54) is 19.1 Å². The molecule has 3 fully saturated rings. The number of aliphatic hydroxyl groups excluding tert-OH is 2. The molecule has 3 saturated carbocycles. The van der Waals surface area contributed by atoms with E-state index in [-0.39, 0.29) is 18.4 Å². The van der Waals surface area contributed by atoms with Crippen molar-refractivity contribution in [3.05, 3.63) is 23.8 Å². The van der Waals surface area contributed by atoms with Crippen molar-refractivity contribution in [1.82, 2.24) is 0 Å². The average molecular weight is 536 g/mol. The van der Waals surface area contributed by atoms with Gasteiger partial charge >= 0.3 is 0 Å². The summed E-state index contributed by atoms with van der Waals surface area (Å²) in [7, 11) is 0. The maximum Gasteiger partial charge on any atom is 0.190 e. The molecule has 0 radical (unpaired) electrons. The van der Waals surface area contributed by atoms with Gasteiger partial charge in [-0.2, -0.15) is 0 Å². The molecular weight excluding hydrogens is 509 g/mol. The van der Waals surface area contributed by atoms with Crippen LogP contribution in [0.3, 0.4) is 0 Å². The van der Waals surface area contributed by atoms with Crippen LogP contribution in [0.5, 0.6) is 0 Å². The molecule has 0 spiro atoms. The van der Waals surface area contributed by atoms with Gasteiger partial charge in [-0.1, -0.05) is 42.5 Å². The summed E-state index contributed by atoms with van der Waals surface area (Å²) in [5, 5.41) is 32.1. The third kappa shape index (κ3) is 2.31. The maximum absolute atomic E-state index is 17.1. The maximum atomic E-state index is 17.1. The van der Waals surface area contributed by atoms with Crippen LogP contribution in [0.1, 0.15) is 33.6 Å². The number of carbonyl (C=O) groups is 2. The second-order valence-corrected chi connectivity index (χ2v) is 11.3. The van der Waals surface area contributed by atoms with Crippen molar-refractivity contribution in [3.8, 4) is 0 Å². The molecule has 0 aromatic rings. The third-order valence-electron chi connectivity index (χ3n) is 8.79. The molecule has 8 heteroatoms. The van der Waals surface area contributed by atoms with Gasteiger partial charge in [0.15, 0.2) is 17.2 Å². The van der Waals surface area contributed by atoms with Crippen LogP contribution in [0.25, 0.3) is 0 Å². The summed E-state index contributed by atoms with van der Waals surface area (Å²) in [6.07, 6.45) is 0.576. The van der Waals surface area contributed by atoms with E-state index in [2.05, 4.69) is 0 Å². The first-order valence-corrected chi connectivity index (χ1v) is 11.5. The van der Waals surface area contributed by atoms with Crippen molar-refractivity contribution in [3.63, 3.8) is 0 Å². The number of fused-ring (bicyclic) bond motifs is 5. The molecule has 0 amide bonds. The fourth-order valence-electron chi connectivity index (χ4n) is 7.20. The number of carbonyl (C=O) groups excluding carboxylic acids is 2. The van der Waals surface area contributed by atoms with Crippen molar-refractivity contribution in [1.29, 1.82) is 0 Å². The summed E-state index contributed by atoms with van der Waals surface area (Å²) < 4.78 is 31.8. The molecule has 0 saturated heterocycles. The number of Topliss-reactive ketones (excluding diaryl/α,β-unsaturated/α-hetero) is 1. The Bertz CT molecular complexity index is 876. The summed E-state index contributed by atoms with van der Waals surface area (Å²) in [4.78, 5) is 24.5. The first-order chi connectivity index (χ1) is 13.8. The van der Waals surface area contributed by atoms with Crippen LogP contribution in [0, 0.1) is 28.6 Å². The molecule has 0 aromatic carbocycles. The van der Waals surface area contributed by atoms with Gasteiger partial charge in [-0.05, 0) is 49.3 Å². The monoisotopic (exact) mass is 536 g/mol. The first-order valence-electron chi connectivity index (χ1n) is 10.3. The number of ketones is 2. The van der Waals surface area contributed by atoms with E-state index in [1.807, 2.05) is 22.6 Å². The van der Waals surface area contributed by atoms with Gasteiger partial charge < -0.3 is 15.3 Å². The molecule has 4 rings (SSSR count). The van der Waals surface area contributed by atoms with E-state index in [1.54, 1.807) is 13.8 Å². The highest BCUT2D eigenvalue weighted by atomic mass is 127. The number of hydrogen-bond donors (Lipinski definition) is 3. The third-order valence-corrected chi connectivity index (χ3v) is 10.2. The van der Waals surface area contributed by atoms with Crippen molar-refractivity contribution in [2.24, 2.45) is 28.6 Å². The van der Waals surface area contributed by atoms with E-state index in [0.29, 0.717) is 0 Å². The van der Waals surface area contributed by atoms with Crippen LogP contribution in [-0.2, 0) is 9.59 Å². The lowest BCUT2D eigenvalue weighted by Crippen LogP contribution is -2.73. The molecule has 166 valence electrons. The van der Waals surface area contributed by atoms with Crippen molar-refractivity contribution < 1.29 is 33.7 Å².